The molecule has 2 unspecified atom stereocenters. The number of phenolic OH excluding ortho intramolecular Hbond substituents is 1. The van der Waals surface area contributed by atoms with Gasteiger partial charge in [-0.2, -0.15) is 0 Å². The number of allylic oxidation sites excluding steroid dienone is 1. The van der Waals surface area contributed by atoms with Crippen molar-refractivity contribution in [1.82, 2.24) is 0 Å². The number of methoxy groups -OCH3 is 1. The van der Waals surface area contributed by atoms with Crippen LogP contribution in [0.2, 0.25) is 0 Å². The van der Waals surface area contributed by atoms with Crippen LogP contribution in [0.5, 0.6) is 11.5 Å². The zero-order valence-electron chi connectivity index (χ0n) is 29.5. The number of aliphatic carboxylic acids is 1. The number of ether oxygens (including phenoxy) is 2. The van der Waals surface area contributed by atoms with Crippen LogP contribution in [0.4, 0.5) is 0 Å². The van der Waals surface area contributed by atoms with Crippen LogP contribution in [-0.4, -0.2) is 47.1 Å². The molecule has 47 heavy (non-hydrogen) atoms. The molecule has 6 rings (SSSR count). The average Bonchev–Trinajstić information content (AvgIpc) is 3.01. The van der Waals surface area contributed by atoms with Crippen molar-refractivity contribution in [2.45, 2.75) is 112 Å². The minimum absolute atomic E-state index is 0.0137. The number of rotatable bonds is 6. The van der Waals surface area contributed by atoms with Crippen LogP contribution in [0.3, 0.4) is 0 Å². The second kappa shape index (κ2) is 11.4. The first kappa shape index (κ1) is 34.1. The van der Waals surface area contributed by atoms with E-state index in [2.05, 4.69) is 47.6 Å². The maximum Gasteiger partial charge on any atom is 0.330 e. The summed E-state index contributed by atoms with van der Waals surface area (Å²) >= 11 is 0. The van der Waals surface area contributed by atoms with Crippen LogP contribution >= 0.6 is 0 Å². The fourth-order valence-electron chi connectivity index (χ4n) is 11.9. The van der Waals surface area contributed by atoms with Gasteiger partial charge in [-0.25, -0.2) is 4.79 Å². The summed E-state index contributed by atoms with van der Waals surface area (Å²) in [5.74, 6) is -0.129. The summed E-state index contributed by atoms with van der Waals surface area (Å²) in [5, 5.41) is 31.9. The van der Waals surface area contributed by atoms with Gasteiger partial charge in [0, 0.05) is 11.5 Å². The Kier molecular flexibility index (Phi) is 8.26. The number of carboxylic acids is 1. The predicted molar refractivity (Wildman–Crippen MR) is 182 cm³/mol. The number of hydrogen-bond acceptors (Lipinski definition) is 6. The Bertz CT molecular complexity index is 1490. The minimum Gasteiger partial charge on any atom is -0.504 e. The maximum atomic E-state index is 13.5. The number of esters is 1. The first-order valence-corrected chi connectivity index (χ1v) is 17.8. The van der Waals surface area contributed by atoms with Gasteiger partial charge in [0.1, 0.15) is 6.61 Å². The minimum atomic E-state index is -0.784. The molecule has 8 atom stereocenters. The second-order valence-corrected chi connectivity index (χ2v) is 17.7. The molecular formula is C40H56O7. The molecule has 0 aliphatic heterocycles. The summed E-state index contributed by atoms with van der Waals surface area (Å²) in [5.41, 5.74) is 0.360. The van der Waals surface area contributed by atoms with Crippen molar-refractivity contribution >= 4 is 18.0 Å². The molecule has 1 aromatic carbocycles. The lowest BCUT2D eigenvalue weighted by molar-refractivity contribution is -0.217. The number of phenols is 1. The summed E-state index contributed by atoms with van der Waals surface area (Å²) in [6.07, 6.45) is 13.5. The van der Waals surface area contributed by atoms with E-state index in [-0.39, 0.29) is 46.0 Å². The summed E-state index contributed by atoms with van der Waals surface area (Å²) in [7, 11) is 1.49. The van der Waals surface area contributed by atoms with Gasteiger partial charge in [-0.3, -0.25) is 4.79 Å². The summed E-state index contributed by atoms with van der Waals surface area (Å²) in [4.78, 5) is 26.6. The van der Waals surface area contributed by atoms with Gasteiger partial charge in [0.05, 0.1) is 18.6 Å². The highest BCUT2D eigenvalue weighted by Crippen LogP contribution is 2.76. The average molecular weight is 649 g/mol. The molecular weight excluding hydrogens is 592 g/mol. The van der Waals surface area contributed by atoms with Crippen LogP contribution in [0.1, 0.15) is 111 Å². The lowest BCUT2D eigenvalue weighted by atomic mass is 9.33. The van der Waals surface area contributed by atoms with Crippen LogP contribution < -0.4 is 4.74 Å². The van der Waals surface area contributed by atoms with Gasteiger partial charge < -0.3 is 24.8 Å². The zero-order chi connectivity index (χ0) is 34.2. The van der Waals surface area contributed by atoms with Crippen molar-refractivity contribution in [3.8, 4) is 11.5 Å². The number of hydrogen-bond donors (Lipinski definition) is 3. The van der Waals surface area contributed by atoms with Gasteiger partial charge in [0.2, 0.25) is 0 Å². The molecule has 0 bridgehead atoms. The van der Waals surface area contributed by atoms with E-state index in [1.54, 1.807) is 18.2 Å². The van der Waals surface area contributed by atoms with Crippen LogP contribution in [0.25, 0.3) is 6.08 Å². The molecule has 0 heterocycles. The fraction of sp³-hybridized carbons (Fsp3) is 0.700. The third-order valence-corrected chi connectivity index (χ3v) is 14.8. The third-order valence-electron chi connectivity index (χ3n) is 14.8. The molecule has 0 amide bonds. The van der Waals surface area contributed by atoms with E-state index in [1.807, 2.05) is 0 Å². The highest BCUT2D eigenvalue weighted by Gasteiger charge is 2.70. The van der Waals surface area contributed by atoms with E-state index >= 15 is 0 Å². The topological polar surface area (TPSA) is 113 Å². The van der Waals surface area contributed by atoms with Gasteiger partial charge in [-0.15, -0.1) is 0 Å². The Hall–Kier alpha value is -2.80. The number of carboxylic acid groups (broad SMARTS) is 1. The summed E-state index contributed by atoms with van der Waals surface area (Å²) in [6, 6.07) is 4.92. The Morgan fingerprint density at radius 3 is 2.38 bits per heavy atom. The molecule has 3 N–H and O–H groups in total. The lowest BCUT2D eigenvalue weighted by Gasteiger charge is -2.71. The van der Waals surface area contributed by atoms with E-state index in [0.717, 1.165) is 44.9 Å². The highest BCUT2D eigenvalue weighted by molar-refractivity contribution is 5.87. The Balaban J connectivity index is 1.40. The molecule has 4 saturated carbocycles. The SMILES string of the molecule is COc1cc(/C=C/C(=O)OC[C@@]23CC[C@@]4(C(=O)O)CCC(C)(C)C[C@H]4C2=CCC2[C@@]4(C)CC[C@H](O)C(C)(C)C4CC[C@]23C)ccc1O. The number of aromatic hydroxyl groups is 1. The molecule has 7 heteroatoms. The standard InChI is InChI=1S/C40H56O7/c1-35(2)18-19-39(34(44)45)20-21-40(24-47-33(43)13-9-25-8-11-28(41)29(22-25)46-7)26(27(39)23-35)10-12-31-37(5)16-15-32(42)36(3,4)30(37)14-17-38(31,40)6/h8-11,13,22,27,30-32,41-42H,12,14-21,23-24H2,1-7H3,(H,44,45)/b13-9+/t27-,30?,31?,32-,37-,38+,39-,40-/m0/s1. The summed E-state index contributed by atoms with van der Waals surface area (Å²) in [6.45, 7) is 14.1. The molecule has 4 fully saturated rings. The van der Waals surface area contributed by atoms with Gasteiger partial charge in [-0.05, 0) is 127 Å². The van der Waals surface area contributed by atoms with Gasteiger partial charge in [-0.1, -0.05) is 59.3 Å². The molecule has 258 valence electrons. The Morgan fingerprint density at radius 2 is 1.68 bits per heavy atom. The second-order valence-electron chi connectivity index (χ2n) is 17.7. The first-order chi connectivity index (χ1) is 22.0. The molecule has 5 aliphatic rings. The molecule has 5 aliphatic carbocycles. The molecule has 7 nitrogen and oxygen atoms in total. The quantitative estimate of drug-likeness (QED) is 0.162. The number of aliphatic hydroxyl groups is 1. The van der Waals surface area contributed by atoms with Crippen molar-refractivity contribution in [1.29, 1.82) is 0 Å². The van der Waals surface area contributed by atoms with Crippen molar-refractivity contribution in [2.75, 3.05) is 13.7 Å². The molecule has 0 saturated heterocycles. The van der Waals surface area contributed by atoms with Crippen molar-refractivity contribution in [2.24, 2.45) is 50.2 Å². The fourth-order valence-corrected chi connectivity index (χ4v) is 11.9. The van der Waals surface area contributed by atoms with E-state index in [1.165, 1.54) is 24.8 Å². The Labute approximate surface area is 280 Å². The molecule has 0 aromatic heterocycles. The maximum absolute atomic E-state index is 13.5. The number of carbonyl (C=O) groups excluding carboxylic acids is 1. The highest BCUT2D eigenvalue weighted by atomic mass is 16.5. The van der Waals surface area contributed by atoms with E-state index in [0.29, 0.717) is 42.4 Å². The zero-order valence-corrected chi connectivity index (χ0v) is 29.5. The first-order valence-electron chi connectivity index (χ1n) is 17.8. The lowest BCUT2D eigenvalue weighted by Crippen LogP contribution is -2.66. The van der Waals surface area contributed by atoms with Crippen molar-refractivity contribution in [3.63, 3.8) is 0 Å². The van der Waals surface area contributed by atoms with Crippen molar-refractivity contribution < 1.29 is 34.4 Å². The predicted octanol–water partition coefficient (Wildman–Crippen LogP) is 8.18. The third kappa shape index (κ3) is 5.08. The van der Waals surface area contributed by atoms with Gasteiger partial charge in [0.15, 0.2) is 11.5 Å². The van der Waals surface area contributed by atoms with Gasteiger partial charge >= 0.3 is 11.9 Å². The van der Waals surface area contributed by atoms with E-state index in [4.69, 9.17) is 9.47 Å². The molecule has 0 radical (unpaired) electrons. The Morgan fingerprint density at radius 1 is 0.957 bits per heavy atom. The van der Waals surface area contributed by atoms with E-state index in [9.17, 15) is 24.9 Å². The molecule has 1 aromatic rings. The smallest absolute Gasteiger partial charge is 0.330 e. The van der Waals surface area contributed by atoms with Crippen LogP contribution in [0.15, 0.2) is 35.9 Å². The normalized spacial score (nSPS) is 40.2. The number of fused-ring (bicyclic) bond motifs is 7. The van der Waals surface area contributed by atoms with Gasteiger partial charge in [0.25, 0.3) is 0 Å². The monoisotopic (exact) mass is 648 g/mol. The van der Waals surface area contributed by atoms with Crippen molar-refractivity contribution in [3.05, 3.63) is 41.5 Å². The number of benzene rings is 1. The number of carbonyl (C=O) groups is 2. The van der Waals surface area contributed by atoms with Crippen LogP contribution in [-0.2, 0) is 14.3 Å². The molecule has 0 spiro atoms. The van der Waals surface area contributed by atoms with E-state index < -0.39 is 22.8 Å². The van der Waals surface area contributed by atoms with Crippen LogP contribution in [0, 0.1) is 50.2 Å². The summed E-state index contributed by atoms with van der Waals surface area (Å²) < 4.78 is 11.5. The largest absolute Gasteiger partial charge is 0.504 e. The number of aliphatic hydroxyl groups excluding tert-OH is 1.